The standard InChI is InChI=1S/C23H26ClN3O5/c1-4-32-17-9-10-18(19(24)11-17)21(28)27-12-14(2)26(23(31)25-15(3)22(29)30)13-16-7-5-6-8-20(16)27/h5-11,14-15H,4,12-13H2,1-3H3,(H,25,31)(H,29,30)/t14-,15+/m1/s1. The summed E-state index contributed by atoms with van der Waals surface area (Å²) < 4.78 is 5.45. The number of urea groups is 1. The van der Waals surface area contributed by atoms with Crippen LogP contribution in [-0.4, -0.2) is 53.1 Å². The first kappa shape index (κ1) is 23.4. The monoisotopic (exact) mass is 459 g/mol. The molecule has 0 unspecified atom stereocenters. The summed E-state index contributed by atoms with van der Waals surface area (Å²) in [5.41, 5.74) is 1.77. The molecule has 3 amide bonds. The number of carboxylic acids is 1. The molecule has 0 saturated carbocycles. The third kappa shape index (κ3) is 4.96. The molecule has 2 N–H and O–H groups in total. The number of carbonyl (C=O) groups is 3. The highest BCUT2D eigenvalue weighted by Gasteiger charge is 2.33. The Balaban J connectivity index is 1.93. The van der Waals surface area contributed by atoms with Crippen molar-refractivity contribution in [3.63, 3.8) is 0 Å². The van der Waals surface area contributed by atoms with E-state index in [-0.39, 0.29) is 30.1 Å². The molecule has 2 atom stereocenters. The fourth-order valence-electron chi connectivity index (χ4n) is 3.57. The number of anilines is 1. The van der Waals surface area contributed by atoms with Gasteiger partial charge in [-0.2, -0.15) is 0 Å². The molecular formula is C23H26ClN3O5. The van der Waals surface area contributed by atoms with Crippen molar-refractivity contribution in [3.05, 3.63) is 58.6 Å². The van der Waals surface area contributed by atoms with E-state index in [0.717, 1.165) is 5.56 Å². The third-order valence-electron chi connectivity index (χ3n) is 5.30. The minimum atomic E-state index is -1.12. The van der Waals surface area contributed by atoms with Gasteiger partial charge in [-0.25, -0.2) is 4.79 Å². The van der Waals surface area contributed by atoms with Crippen molar-refractivity contribution in [3.8, 4) is 5.75 Å². The molecule has 170 valence electrons. The SMILES string of the molecule is CCOc1ccc(C(=O)N2C[C@@H](C)N(C(=O)N[C@@H](C)C(=O)O)Cc3ccccc32)c(Cl)c1. The number of hydrogen-bond acceptors (Lipinski definition) is 4. The van der Waals surface area contributed by atoms with Crippen LogP contribution in [0.4, 0.5) is 10.5 Å². The number of nitrogens with one attached hydrogen (secondary N) is 1. The van der Waals surface area contributed by atoms with Crippen LogP contribution in [-0.2, 0) is 11.3 Å². The second kappa shape index (κ2) is 9.91. The topological polar surface area (TPSA) is 99.2 Å². The fourth-order valence-corrected chi connectivity index (χ4v) is 3.82. The van der Waals surface area contributed by atoms with Crippen molar-refractivity contribution >= 4 is 35.2 Å². The van der Waals surface area contributed by atoms with E-state index in [1.54, 1.807) is 23.1 Å². The number of hydrogen-bond donors (Lipinski definition) is 2. The average molecular weight is 460 g/mol. The molecule has 32 heavy (non-hydrogen) atoms. The summed E-state index contributed by atoms with van der Waals surface area (Å²) in [5, 5.41) is 11.9. The van der Waals surface area contributed by atoms with Crippen LogP contribution < -0.4 is 15.0 Å². The smallest absolute Gasteiger partial charge is 0.325 e. The Bertz CT molecular complexity index is 1030. The number of halogens is 1. The zero-order valence-corrected chi connectivity index (χ0v) is 18.9. The molecule has 3 rings (SSSR count). The molecule has 2 aromatic carbocycles. The highest BCUT2D eigenvalue weighted by molar-refractivity contribution is 6.34. The molecule has 0 bridgehead atoms. The summed E-state index contributed by atoms with van der Waals surface area (Å²) >= 11 is 6.39. The molecule has 8 nitrogen and oxygen atoms in total. The number of ether oxygens (including phenoxy) is 1. The quantitative estimate of drug-likeness (QED) is 0.709. The zero-order chi connectivity index (χ0) is 23.4. The van der Waals surface area contributed by atoms with Gasteiger partial charge >= 0.3 is 12.0 Å². The van der Waals surface area contributed by atoms with Crippen LogP contribution in [0.15, 0.2) is 42.5 Å². The first-order valence-electron chi connectivity index (χ1n) is 10.3. The molecule has 0 radical (unpaired) electrons. The Labute approximate surface area is 191 Å². The number of aliphatic carboxylic acids is 1. The van der Waals surface area contributed by atoms with Crippen LogP contribution in [0.2, 0.25) is 5.02 Å². The predicted octanol–water partition coefficient (Wildman–Crippen LogP) is 3.77. The third-order valence-corrected chi connectivity index (χ3v) is 5.61. The fraction of sp³-hybridized carbons (Fsp3) is 0.348. The van der Waals surface area contributed by atoms with Crippen molar-refractivity contribution in [2.75, 3.05) is 18.1 Å². The Morgan fingerprint density at radius 1 is 1.25 bits per heavy atom. The lowest BCUT2D eigenvalue weighted by molar-refractivity contribution is -0.138. The number of carboxylic acid groups (broad SMARTS) is 1. The summed E-state index contributed by atoms with van der Waals surface area (Å²) in [6.07, 6.45) is 0. The van der Waals surface area contributed by atoms with Crippen LogP contribution in [0.25, 0.3) is 0 Å². The number of amides is 3. The number of para-hydroxylation sites is 1. The van der Waals surface area contributed by atoms with Crippen molar-refractivity contribution in [1.82, 2.24) is 10.2 Å². The van der Waals surface area contributed by atoms with Gasteiger partial charge in [0.15, 0.2) is 0 Å². The van der Waals surface area contributed by atoms with Crippen LogP contribution in [0.5, 0.6) is 5.75 Å². The van der Waals surface area contributed by atoms with E-state index in [1.807, 2.05) is 38.1 Å². The summed E-state index contributed by atoms with van der Waals surface area (Å²) in [6, 6.07) is 10.3. The molecular weight excluding hydrogens is 434 g/mol. The first-order chi connectivity index (χ1) is 15.2. The number of benzene rings is 2. The Morgan fingerprint density at radius 3 is 2.62 bits per heavy atom. The second-order valence-corrected chi connectivity index (χ2v) is 8.01. The second-order valence-electron chi connectivity index (χ2n) is 7.61. The van der Waals surface area contributed by atoms with Crippen molar-refractivity contribution in [2.45, 2.75) is 39.4 Å². The van der Waals surface area contributed by atoms with Gasteiger partial charge in [0, 0.05) is 24.8 Å². The highest BCUT2D eigenvalue weighted by Crippen LogP contribution is 2.31. The molecule has 1 heterocycles. The van der Waals surface area contributed by atoms with E-state index in [2.05, 4.69) is 5.32 Å². The Morgan fingerprint density at radius 2 is 1.97 bits per heavy atom. The van der Waals surface area contributed by atoms with Gasteiger partial charge in [0.2, 0.25) is 0 Å². The summed E-state index contributed by atoms with van der Waals surface area (Å²) in [4.78, 5) is 40.6. The minimum absolute atomic E-state index is 0.217. The van der Waals surface area contributed by atoms with Gasteiger partial charge in [-0.05, 0) is 50.6 Å². The van der Waals surface area contributed by atoms with Crippen LogP contribution in [0.3, 0.4) is 0 Å². The normalized spacial score (nSPS) is 16.6. The maximum absolute atomic E-state index is 13.5. The predicted molar refractivity (Wildman–Crippen MR) is 121 cm³/mol. The molecule has 1 aliphatic heterocycles. The van der Waals surface area contributed by atoms with Crippen molar-refractivity contribution in [1.29, 1.82) is 0 Å². The van der Waals surface area contributed by atoms with Gasteiger partial charge in [0.05, 0.1) is 17.2 Å². The average Bonchev–Trinajstić information content (AvgIpc) is 2.90. The summed E-state index contributed by atoms with van der Waals surface area (Å²) in [7, 11) is 0. The molecule has 2 aromatic rings. The highest BCUT2D eigenvalue weighted by atomic mass is 35.5. The summed E-state index contributed by atoms with van der Waals surface area (Å²) in [6.45, 7) is 6.02. The first-order valence-corrected chi connectivity index (χ1v) is 10.7. The van der Waals surface area contributed by atoms with Crippen molar-refractivity contribution < 1.29 is 24.2 Å². The van der Waals surface area contributed by atoms with Crippen LogP contribution in [0, 0.1) is 0 Å². The van der Waals surface area contributed by atoms with E-state index in [9.17, 15) is 14.4 Å². The maximum Gasteiger partial charge on any atom is 0.325 e. The molecule has 1 aliphatic rings. The Hall–Kier alpha value is -3.26. The number of carbonyl (C=O) groups excluding carboxylic acids is 2. The van der Waals surface area contributed by atoms with E-state index >= 15 is 0 Å². The van der Waals surface area contributed by atoms with Gasteiger partial charge in [-0.3, -0.25) is 9.59 Å². The minimum Gasteiger partial charge on any atom is -0.494 e. The Kier molecular flexibility index (Phi) is 7.25. The molecule has 0 spiro atoms. The molecule has 0 fully saturated rings. The lowest BCUT2D eigenvalue weighted by Gasteiger charge is -2.30. The molecule has 0 aliphatic carbocycles. The van der Waals surface area contributed by atoms with Gasteiger partial charge in [0.25, 0.3) is 5.91 Å². The van der Waals surface area contributed by atoms with Crippen molar-refractivity contribution in [2.24, 2.45) is 0 Å². The zero-order valence-electron chi connectivity index (χ0n) is 18.2. The van der Waals surface area contributed by atoms with Crippen LogP contribution >= 0.6 is 11.6 Å². The number of fused-ring (bicyclic) bond motifs is 1. The van der Waals surface area contributed by atoms with Gasteiger partial charge in [-0.1, -0.05) is 29.8 Å². The van der Waals surface area contributed by atoms with Gasteiger partial charge in [-0.15, -0.1) is 0 Å². The lowest BCUT2D eigenvalue weighted by Crippen LogP contribution is -2.51. The van der Waals surface area contributed by atoms with Crippen LogP contribution in [0.1, 0.15) is 36.7 Å². The molecule has 0 saturated heterocycles. The van der Waals surface area contributed by atoms with E-state index < -0.39 is 18.0 Å². The van der Waals surface area contributed by atoms with E-state index in [4.69, 9.17) is 21.4 Å². The maximum atomic E-state index is 13.5. The lowest BCUT2D eigenvalue weighted by atomic mass is 10.1. The summed E-state index contributed by atoms with van der Waals surface area (Å²) in [5.74, 6) is -0.837. The molecule has 9 heteroatoms. The van der Waals surface area contributed by atoms with E-state index in [1.165, 1.54) is 11.8 Å². The molecule has 0 aromatic heterocycles. The number of nitrogens with zero attached hydrogens (tertiary/aromatic N) is 2. The van der Waals surface area contributed by atoms with Gasteiger partial charge in [0.1, 0.15) is 11.8 Å². The largest absolute Gasteiger partial charge is 0.494 e. The number of rotatable bonds is 5. The van der Waals surface area contributed by atoms with E-state index in [0.29, 0.717) is 23.6 Å². The van der Waals surface area contributed by atoms with Gasteiger partial charge < -0.3 is 25.0 Å².